The Balaban J connectivity index is 2.20. The van der Waals surface area contributed by atoms with E-state index in [1.807, 2.05) is 0 Å². The largest absolute Gasteiger partial charge is 0.155 e. The predicted octanol–water partition coefficient (Wildman–Crippen LogP) is 4.87. The number of nitrogens with zero attached hydrogens (tertiary/aromatic N) is 2. The van der Waals surface area contributed by atoms with E-state index >= 15 is 0 Å². The molecule has 0 aliphatic carbocycles. The second kappa shape index (κ2) is 6.38. The number of rotatable bonds is 4. The molecule has 0 bridgehead atoms. The average molecular weight is 282 g/mol. The summed E-state index contributed by atoms with van der Waals surface area (Å²) >= 11 is 0. The van der Waals surface area contributed by atoms with Crippen molar-refractivity contribution in [2.24, 2.45) is 0 Å². The summed E-state index contributed by atoms with van der Waals surface area (Å²) in [5.41, 5.74) is 7.69. The van der Waals surface area contributed by atoms with Gasteiger partial charge >= 0.3 is 0 Å². The Morgan fingerprint density at radius 1 is 0.905 bits per heavy atom. The highest BCUT2D eigenvalue weighted by Gasteiger charge is 2.14. The molecular formula is C19H26N2. The molecule has 2 aromatic rings. The zero-order chi connectivity index (χ0) is 15.6. The summed E-state index contributed by atoms with van der Waals surface area (Å²) in [6.07, 6.45) is 0.941. The van der Waals surface area contributed by atoms with Crippen LogP contribution < -0.4 is 0 Å². The third-order valence-electron chi connectivity index (χ3n) is 4.08. The second-order valence-electron chi connectivity index (χ2n) is 6.52. The molecule has 1 atom stereocenters. The maximum Gasteiger partial charge on any atom is 0.0656 e. The maximum atomic E-state index is 4.39. The molecule has 21 heavy (non-hydrogen) atoms. The molecule has 0 aliphatic rings. The fraction of sp³-hybridized carbons (Fsp3) is 0.474. The highest BCUT2D eigenvalue weighted by Crippen LogP contribution is 2.27. The smallest absolute Gasteiger partial charge is 0.0656 e. The van der Waals surface area contributed by atoms with E-state index in [1.54, 1.807) is 0 Å². The van der Waals surface area contributed by atoms with Crippen molar-refractivity contribution in [3.8, 4) is 0 Å². The second-order valence-corrected chi connectivity index (χ2v) is 6.52. The lowest BCUT2D eigenvalue weighted by atomic mass is 9.88. The highest BCUT2D eigenvalue weighted by molar-refractivity contribution is 5.40. The van der Waals surface area contributed by atoms with E-state index in [9.17, 15) is 0 Å². The van der Waals surface area contributed by atoms with Crippen molar-refractivity contribution in [2.45, 2.75) is 59.8 Å². The maximum absolute atomic E-state index is 4.39. The minimum atomic E-state index is 0.436. The van der Waals surface area contributed by atoms with Crippen LogP contribution >= 0.6 is 0 Å². The number of aryl methyl sites for hydroxylation is 3. The van der Waals surface area contributed by atoms with Crippen LogP contribution in [0.3, 0.4) is 0 Å². The fourth-order valence-electron chi connectivity index (χ4n) is 3.17. The van der Waals surface area contributed by atoms with Gasteiger partial charge in [-0.25, -0.2) is 0 Å². The molecule has 0 radical (unpaired) electrons. The van der Waals surface area contributed by atoms with Crippen molar-refractivity contribution in [1.29, 1.82) is 0 Å². The van der Waals surface area contributed by atoms with Crippen molar-refractivity contribution < 1.29 is 0 Å². The summed E-state index contributed by atoms with van der Waals surface area (Å²) in [6, 6.07) is 8.77. The molecule has 0 N–H and O–H groups in total. The predicted molar refractivity (Wildman–Crippen MR) is 88.9 cm³/mol. The van der Waals surface area contributed by atoms with Gasteiger partial charge in [0.1, 0.15) is 0 Å². The van der Waals surface area contributed by atoms with Crippen molar-refractivity contribution >= 4 is 0 Å². The first kappa shape index (κ1) is 15.7. The molecule has 0 unspecified atom stereocenters. The molecule has 1 aromatic carbocycles. The number of benzene rings is 1. The van der Waals surface area contributed by atoms with Gasteiger partial charge in [-0.3, -0.25) is 0 Å². The van der Waals surface area contributed by atoms with E-state index in [0.29, 0.717) is 11.8 Å². The lowest BCUT2D eigenvalue weighted by Crippen LogP contribution is -2.07. The van der Waals surface area contributed by atoms with E-state index in [1.165, 1.54) is 22.3 Å². The SMILES string of the molecule is Cc1cc(C)c([C@H](C)Cc2ccc(C(C)C)nn2)c(C)c1. The third-order valence-corrected chi connectivity index (χ3v) is 4.08. The first-order valence-electron chi connectivity index (χ1n) is 7.78. The Morgan fingerprint density at radius 3 is 2.00 bits per heavy atom. The molecule has 0 amide bonds. The van der Waals surface area contributed by atoms with Crippen LogP contribution in [0.4, 0.5) is 0 Å². The monoisotopic (exact) mass is 282 g/mol. The summed E-state index contributed by atoms with van der Waals surface area (Å²) in [4.78, 5) is 0. The molecule has 0 spiro atoms. The first-order chi connectivity index (χ1) is 9.88. The van der Waals surface area contributed by atoms with Crippen molar-refractivity contribution in [3.63, 3.8) is 0 Å². The van der Waals surface area contributed by atoms with E-state index in [4.69, 9.17) is 0 Å². The average Bonchev–Trinajstić information content (AvgIpc) is 2.37. The van der Waals surface area contributed by atoms with Crippen molar-refractivity contribution in [2.75, 3.05) is 0 Å². The molecule has 0 aliphatic heterocycles. The highest BCUT2D eigenvalue weighted by atomic mass is 15.1. The molecule has 0 fully saturated rings. The summed E-state index contributed by atoms with van der Waals surface area (Å²) in [5, 5.41) is 8.73. The van der Waals surface area contributed by atoms with E-state index < -0.39 is 0 Å². The summed E-state index contributed by atoms with van der Waals surface area (Å²) < 4.78 is 0. The number of hydrogen-bond donors (Lipinski definition) is 0. The zero-order valence-corrected chi connectivity index (χ0v) is 14.1. The van der Waals surface area contributed by atoms with Gasteiger partial charge in [0.15, 0.2) is 0 Å². The van der Waals surface area contributed by atoms with Crippen LogP contribution in [0.5, 0.6) is 0 Å². The zero-order valence-electron chi connectivity index (χ0n) is 14.1. The molecular weight excluding hydrogens is 256 g/mol. The molecule has 2 nitrogen and oxygen atoms in total. The Hall–Kier alpha value is -1.70. The van der Waals surface area contributed by atoms with Gasteiger partial charge in [-0.15, -0.1) is 0 Å². The first-order valence-corrected chi connectivity index (χ1v) is 7.78. The summed E-state index contributed by atoms with van der Waals surface area (Å²) in [5.74, 6) is 0.898. The Labute approximate surface area is 128 Å². The van der Waals surface area contributed by atoms with Gasteiger partial charge in [0.25, 0.3) is 0 Å². The number of aromatic nitrogens is 2. The van der Waals surface area contributed by atoms with Gasteiger partial charge in [-0.2, -0.15) is 10.2 Å². The van der Waals surface area contributed by atoms with E-state index in [2.05, 4.69) is 76.0 Å². The molecule has 2 rings (SSSR count). The fourth-order valence-corrected chi connectivity index (χ4v) is 3.17. The minimum absolute atomic E-state index is 0.436. The van der Waals surface area contributed by atoms with Crippen molar-refractivity contribution in [1.82, 2.24) is 10.2 Å². The third kappa shape index (κ3) is 3.69. The van der Waals surface area contributed by atoms with Crippen LogP contribution in [-0.4, -0.2) is 10.2 Å². The standard InChI is InChI=1S/C19H26N2/c1-12(2)18-8-7-17(20-21-18)11-16(6)19-14(4)9-13(3)10-15(19)5/h7-10,12,16H,11H2,1-6H3/t16-/m1/s1. The van der Waals surface area contributed by atoms with Crippen LogP contribution in [0, 0.1) is 20.8 Å². The number of hydrogen-bond acceptors (Lipinski definition) is 2. The van der Waals surface area contributed by atoms with Crippen LogP contribution in [0.25, 0.3) is 0 Å². The van der Waals surface area contributed by atoms with Gasteiger partial charge in [0.05, 0.1) is 11.4 Å². The Kier molecular flexibility index (Phi) is 4.76. The Morgan fingerprint density at radius 2 is 1.52 bits per heavy atom. The van der Waals surface area contributed by atoms with Gasteiger partial charge in [0, 0.05) is 0 Å². The lowest BCUT2D eigenvalue weighted by Gasteiger charge is -2.18. The molecule has 1 heterocycles. The lowest BCUT2D eigenvalue weighted by molar-refractivity contribution is 0.700. The summed E-state index contributed by atoms with van der Waals surface area (Å²) in [6.45, 7) is 13.1. The summed E-state index contributed by atoms with van der Waals surface area (Å²) in [7, 11) is 0. The molecule has 1 aromatic heterocycles. The van der Waals surface area contributed by atoms with Gasteiger partial charge in [-0.1, -0.05) is 38.5 Å². The quantitative estimate of drug-likeness (QED) is 0.799. The van der Waals surface area contributed by atoms with E-state index in [0.717, 1.165) is 17.8 Å². The van der Waals surface area contributed by atoms with Crippen LogP contribution in [-0.2, 0) is 6.42 Å². The van der Waals surface area contributed by atoms with Gasteiger partial charge in [0.2, 0.25) is 0 Å². The van der Waals surface area contributed by atoms with Gasteiger partial charge in [-0.05, 0) is 67.9 Å². The molecule has 2 heteroatoms. The molecule has 0 saturated heterocycles. The minimum Gasteiger partial charge on any atom is -0.155 e. The van der Waals surface area contributed by atoms with Crippen LogP contribution in [0.1, 0.15) is 66.2 Å². The van der Waals surface area contributed by atoms with Crippen LogP contribution in [0.2, 0.25) is 0 Å². The van der Waals surface area contributed by atoms with Crippen LogP contribution in [0.15, 0.2) is 24.3 Å². The van der Waals surface area contributed by atoms with E-state index in [-0.39, 0.29) is 0 Å². The Bertz CT molecular complexity index is 589. The topological polar surface area (TPSA) is 25.8 Å². The normalized spacial score (nSPS) is 12.7. The molecule has 0 saturated carbocycles. The molecule has 112 valence electrons. The van der Waals surface area contributed by atoms with Gasteiger partial charge < -0.3 is 0 Å². The van der Waals surface area contributed by atoms with Crippen molar-refractivity contribution in [3.05, 3.63) is 57.9 Å².